The van der Waals surface area contributed by atoms with Gasteiger partial charge in [-0.1, -0.05) is 49.6 Å². The summed E-state index contributed by atoms with van der Waals surface area (Å²) in [7, 11) is 3.35. The molecule has 1 aliphatic carbocycles. The van der Waals surface area contributed by atoms with Gasteiger partial charge in [-0.05, 0) is 87.5 Å². The Morgan fingerprint density at radius 3 is 2.22 bits per heavy atom. The summed E-state index contributed by atoms with van der Waals surface area (Å²) >= 11 is 0. The van der Waals surface area contributed by atoms with Crippen LogP contribution in [0.15, 0.2) is 42.5 Å². The second-order valence-electron chi connectivity index (χ2n) is 10.7. The van der Waals surface area contributed by atoms with Crippen LogP contribution in [-0.2, 0) is 13.2 Å². The van der Waals surface area contributed by atoms with Crippen LogP contribution in [0.3, 0.4) is 0 Å². The van der Waals surface area contributed by atoms with Gasteiger partial charge in [0.25, 0.3) is 0 Å². The standard InChI is InChI=1S/C31H47N3O3/c1-35-29-20-27(21-30(36-2)31(29)37-24-26-12-7-4-8-13-26)22-32-16-9-17-33-28-14-18-34(19-15-28)23-25-10-5-3-6-11-25/h4,7-8,12-13,20-21,25,28,32-33H,3,5-6,9-11,14-19,22-24H2,1-2H3. The zero-order valence-electron chi connectivity index (χ0n) is 23.0. The van der Waals surface area contributed by atoms with Crippen molar-refractivity contribution in [1.29, 1.82) is 0 Å². The van der Waals surface area contributed by atoms with Crippen molar-refractivity contribution in [2.75, 3.05) is 46.9 Å². The van der Waals surface area contributed by atoms with Gasteiger partial charge in [-0.3, -0.25) is 0 Å². The number of ether oxygens (including phenoxy) is 3. The van der Waals surface area contributed by atoms with Crippen molar-refractivity contribution in [3.05, 3.63) is 53.6 Å². The minimum atomic E-state index is 0.470. The number of likely N-dealkylation sites (tertiary alicyclic amines) is 1. The summed E-state index contributed by atoms with van der Waals surface area (Å²) in [5.41, 5.74) is 2.23. The Kier molecular flexibility index (Phi) is 11.4. The fourth-order valence-electron chi connectivity index (χ4n) is 5.72. The first kappa shape index (κ1) is 27.7. The van der Waals surface area contributed by atoms with E-state index in [-0.39, 0.29) is 0 Å². The lowest BCUT2D eigenvalue weighted by Crippen LogP contribution is -2.44. The molecule has 0 atom stereocenters. The van der Waals surface area contributed by atoms with Crippen molar-refractivity contribution in [2.45, 2.75) is 70.6 Å². The summed E-state index contributed by atoms with van der Waals surface area (Å²) < 4.78 is 17.3. The van der Waals surface area contributed by atoms with E-state index >= 15 is 0 Å². The lowest BCUT2D eigenvalue weighted by molar-refractivity contribution is 0.155. The quantitative estimate of drug-likeness (QED) is 0.333. The minimum Gasteiger partial charge on any atom is -0.493 e. The van der Waals surface area contributed by atoms with Crippen molar-refractivity contribution in [3.63, 3.8) is 0 Å². The Morgan fingerprint density at radius 2 is 1.54 bits per heavy atom. The molecule has 1 aliphatic heterocycles. The largest absolute Gasteiger partial charge is 0.493 e. The van der Waals surface area contributed by atoms with Gasteiger partial charge in [0.15, 0.2) is 11.5 Å². The molecule has 0 spiro atoms. The molecule has 0 aromatic heterocycles. The number of hydrogen-bond acceptors (Lipinski definition) is 6. The van der Waals surface area contributed by atoms with Crippen LogP contribution in [0.1, 0.15) is 62.5 Å². The molecule has 6 nitrogen and oxygen atoms in total. The maximum atomic E-state index is 6.07. The molecule has 4 rings (SSSR count). The molecule has 1 saturated carbocycles. The fraction of sp³-hybridized carbons (Fsp3) is 0.613. The van der Waals surface area contributed by atoms with Crippen LogP contribution in [0.5, 0.6) is 17.2 Å². The normalized spacial score (nSPS) is 17.6. The van der Waals surface area contributed by atoms with E-state index in [2.05, 4.69) is 15.5 Å². The Hall–Kier alpha value is -2.28. The third kappa shape index (κ3) is 8.91. The van der Waals surface area contributed by atoms with Crippen LogP contribution in [0.4, 0.5) is 0 Å². The molecule has 37 heavy (non-hydrogen) atoms. The molecule has 1 saturated heterocycles. The summed E-state index contributed by atoms with van der Waals surface area (Å²) in [6, 6.07) is 14.9. The highest BCUT2D eigenvalue weighted by Gasteiger charge is 2.22. The third-order valence-electron chi connectivity index (χ3n) is 7.87. The van der Waals surface area contributed by atoms with Gasteiger partial charge < -0.3 is 29.7 Å². The molecule has 204 valence electrons. The molecular formula is C31H47N3O3. The number of benzene rings is 2. The second kappa shape index (κ2) is 15.2. The first-order chi connectivity index (χ1) is 18.2. The van der Waals surface area contributed by atoms with Crippen LogP contribution in [0.2, 0.25) is 0 Å². The first-order valence-corrected chi connectivity index (χ1v) is 14.3. The first-order valence-electron chi connectivity index (χ1n) is 14.3. The van der Waals surface area contributed by atoms with Crippen molar-refractivity contribution in [1.82, 2.24) is 15.5 Å². The molecule has 6 heteroatoms. The van der Waals surface area contributed by atoms with E-state index in [0.29, 0.717) is 29.9 Å². The van der Waals surface area contributed by atoms with Gasteiger partial charge in [0.1, 0.15) is 6.61 Å². The summed E-state index contributed by atoms with van der Waals surface area (Å²) in [4.78, 5) is 2.72. The Bertz CT molecular complexity index is 884. The van der Waals surface area contributed by atoms with E-state index in [0.717, 1.165) is 43.1 Å². The maximum Gasteiger partial charge on any atom is 0.203 e. The van der Waals surface area contributed by atoms with Gasteiger partial charge in [0, 0.05) is 19.1 Å². The zero-order valence-corrected chi connectivity index (χ0v) is 23.0. The number of nitrogens with zero attached hydrogens (tertiary/aromatic N) is 1. The maximum absolute atomic E-state index is 6.07. The summed E-state index contributed by atoms with van der Waals surface area (Å²) in [6.45, 7) is 7.15. The molecule has 2 fully saturated rings. The highest BCUT2D eigenvalue weighted by atomic mass is 16.5. The van der Waals surface area contributed by atoms with Crippen LogP contribution < -0.4 is 24.8 Å². The molecule has 2 aliphatic rings. The lowest BCUT2D eigenvalue weighted by atomic mass is 9.88. The monoisotopic (exact) mass is 509 g/mol. The molecule has 0 radical (unpaired) electrons. The van der Waals surface area contributed by atoms with Crippen LogP contribution in [0, 0.1) is 5.92 Å². The summed E-state index contributed by atoms with van der Waals surface area (Å²) in [6.07, 6.45) is 11.0. The number of rotatable bonds is 14. The molecule has 0 bridgehead atoms. The van der Waals surface area contributed by atoms with Crippen molar-refractivity contribution in [3.8, 4) is 17.2 Å². The molecule has 2 N–H and O–H groups in total. The smallest absolute Gasteiger partial charge is 0.203 e. The molecular weight excluding hydrogens is 462 g/mol. The van der Waals surface area contributed by atoms with Gasteiger partial charge in [0.2, 0.25) is 5.75 Å². The number of piperidine rings is 1. The topological polar surface area (TPSA) is 55.0 Å². The van der Waals surface area contributed by atoms with E-state index in [1.165, 1.54) is 64.6 Å². The van der Waals surface area contributed by atoms with Gasteiger partial charge in [0.05, 0.1) is 14.2 Å². The molecule has 2 aromatic rings. The third-order valence-corrected chi connectivity index (χ3v) is 7.87. The van der Waals surface area contributed by atoms with Gasteiger partial charge in [-0.15, -0.1) is 0 Å². The average molecular weight is 510 g/mol. The SMILES string of the molecule is COc1cc(CNCCCNC2CCN(CC3CCCCC3)CC2)cc(OC)c1OCc1ccccc1. The van der Waals surface area contributed by atoms with Crippen molar-refractivity contribution >= 4 is 0 Å². The van der Waals surface area contributed by atoms with Crippen molar-refractivity contribution < 1.29 is 14.2 Å². The van der Waals surface area contributed by atoms with E-state index in [1.54, 1.807) is 14.2 Å². The summed E-state index contributed by atoms with van der Waals surface area (Å²) in [5.74, 6) is 3.00. The van der Waals surface area contributed by atoms with Crippen LogP contribution in [-0.4, -0.2) is 57.9 Å². The van der Waals surface area contributed by atoms with Gasteiger partial charge in [-0.2, -0.15) is 0 Å². The van der Waals surface area contributed by atoms with Gasteiger partial charge in [-0.25, -0.2) is 0 Å². The Balaban J connectivity index is 1.13. The van der Waals surface area contributed by atoms with E-state index in [4.69, 9.17) is 14.2 Å². The second-order valence-corrected chi connectivity index (χ2v) is 10.7. The molecule has 0 unspecified atom stereocenters. The zero-order chi connectivity index (χ0) is 25.7. The van der Waals surface area contributed by atoms with Crippen LogP contribution in [0.25, 0.3) is 0 Å². The lowest BCUT2D eigenvalue weighted by Gasteiger charge is -2.35. The Morgan fingerprint density at radius 1 is 0.838 bits per heavy atom. The van der Waals surface area contributed by atoms with E-state index in [1.807, 2.05) is 42.5 Å². The van der Waals surface area contributed by atoms with Crippen LogP contribution >= 0.6 is 0 Å². The predicted octanol–water partition coefficient (Wildman–Crippen LogP) is 5.40. The fourth-order valence-corrected chi connectivity index (χ4v) is 5.72. The van der Waals surface area contributed by atoms with Crippen molar-refractivity contribution in [2.24, 2.45) is 5.92 Å². The van der Waals surface area contributed by atoms with E-state index < -0.39 is 0 Å². The number of methoxy groups -OCH3 is 2. The Labute approximate surface area is 224 Å². The van der Waals surface area contributed by atoms with Gasteiger partial charge >= 0.3 is 0 Å². The molecule has 0 amide bonds. The number of hydrogen-bond donors (Lipinski definition) is 2. The molecule has 2 aromatic carbocycles. The highest BCUT2D eigenvalue weighted by Crippen LogP contribution is 2.39. The highest BCUT2D eigenvalue weighted by molar-refractivity contribution is 5.54. The number of nitrogens with one attached hydrogen (secondary N) is 2. The minimum absolute atomic E-state index is 0.470. The van der Waals surface area contributed by atoms with E-state index in [9.17, 15) is 0 Å². The average Bonchev–Trinajstić information content (AvgIpc) is 2.95. The summed E-state index contributed by atoms with van der Waals surface area (Å²) in [5, 5.41) is 7.36. The predicted molar refractivity (Wildman–Crippen MR) is 151 cm³/mol. The molecule has 1 heterocycles.